The Labute approximate surface area is 166 Å². The number of aryl methyl sites for hydroxylation is 1. The Morgan fingerprint density at radius 3 is 2.61 bits per heavy atom. The fourth-order valence-electron chi connectivity index (χ4n) is 4.46. The molecule has 0 spiro atoms. The van der Waals surface area contributed by atoms with E-state index in [4.69, 9.17) is 4.74 Å². The Morgan fingerprint density at radius 2 is 1.89 bits per heavy atom. The number of nitrogens with zero attached hydrogens (tertiary/aromatic N) is 3. The molecule has 3 saturated heterocycles. The maximum Gasteiger partial charge on any atom is 0.317 e. The van der Waals surface area contributed by atoms with E-state index in [2.05, 4.69) is 10.2 Å². The van der Waals surface area contributed by atoms with E-state index < -0.39 is 0 Å². The van der Waals surface area contributed by atoms with E-state index in [1.807, 2.05) is 36.1 Å². The molecule has 3 aliphatic heterocycles. The number of carbonyl (C=O) groups excluding carboxylic acids is 2. The van der Waals surface area contributed by atoms with E-state index in [-0.39, 0.29) is 18.0 Å². The second-order valence-electron chi connectivity index (χ2n) is 8.06. The zero-order chi connectivity index (χ0) is 19.5. The molecule has 152 valence electrons. The van der Waals surface area contributed by atoms with Gasteiger partial charge in [-0.15, -0.1) is 0 Å². The molecule has 1 unspecified atom stereocenters. The fraction of sp³-hybridized carbons (Fsp3) is 0.619. The van der Waals surface area contributed by atoms with Gasteiger partial charge in [0, 0.05) is 64.1 Å². The molecule has 1 aromatic carbocycles. The van der Waals surface area contributed by atoms with Crippen molar-refractivity contribution >= 4 is 17.6 Å². The first-order valence-corrected chi connectivity index (χ1v) is 10.3. The highest BCUT2D eigenvalue weighted by Gasteiger charge is 2.33. The van der Waals surface area contributed by atoms with Crippen LogP contribution in [0.1, 0.15) is 24.8 Å². The number of hydrogen-bond donors (Lipinski definition) is 1. The highest BCUT2D eigenvalue weighted by atomic mass is 16.5. The van der Waals surface area contributed by atoms with Gasteiger partial charge in [-0.25, -0.2) is 4.79 Å². The van der Waals surface area contributed by atoms with Crippen molar-refractivity contribution in [3.05, 3.63) is 29.8 Å². The summed E-state index contributed by atoms with van der Waals surface area (Å²) in [5.41, 5.74) is 2.03. The van der Waals surface area contributed by atoms with Gasteiger partial charge in [0.15, 0.2) is 0 Å². The van der Waals surface area contributed by atoms with Gasteiger partial charge >= 0.3 is 6.03 Å². The maximum absolute atomic E-state index is 12.7. The summed E-state index contributed by atoms with van der Waals surface area (Å²) in [6, 6.07) is 8.35. The lowest BCUT2D eigenvalue weighted by Gasteiger charge is -2.40. The minimum atomic E-state index is -0.131. The van der Waals surface area contributed by atoms with Crippen molar-refractivity contribution in [3.8, 4) is 0 Å². The average molecular weight is 386 g/mol. The molecule has 1 N–H and O–H groups in total. The van der Waals surface area contributed by atoms with Crippen LogP contribution in [0.25, 0.3) is 0 Å². The molecule has 7 nitrogen and oxygen atoms in total. The highest BCUT2D eigenvalue weighted by molar-refractivity contribution is 5.96. The third-order valence-corrected chi connectivity index (χ3v) is 6.07. The highest BCUT2D eigenvalue weighted by Crippen LogP contribution is 2.23. The summed E-state index contributed by atoms with van der Waals surface area (Å²) in [5, 5.41) is 3.07. The topological polar surface area (TPSA) is 65.1 Å². The van der Waals surface area contributed by atoms with Crippen molar-refractivity contribution in [2.24, 2.45) is 0 Å². The molecule has 0 aliphatic carbocycles. The number of piperazine rings is 1. The first-order valence-electron chi connectivity index (χ1n) is 10.3. The van der Waals surface area contributed by atoms with Gasteiger partial charge in [-0.3, -0.25) is 9.69 Å². The molecule has 28 heavy (non-hydrogen) atoms. The van der Waals surface area contributed by atoms with Gasteiger partial charge in [0.2, 0.25) is 5.91 Å². The average Bonchev–Trinajstić information content (AvgIpc) is 3.09. The first kappa shape index (κ1) is 19.2. The molecule has 3 amide bonds. The van der Waals surface area contributed by atoms with Crippen LogP contribution >= 0.6 is 0 Å². The lowest BCUT2D eigenvalue weighted by Crippen LogP contribution is -2.56. The molecule has 3 aliphatic rings. The maximum atomic E-state index is 12.7. The summed E-state index contributed by atoms with van der Waals surface area (Å²) >= 11 is 0. The van der Waals surface area contributed by atoms with E-state index in [1.54, 1.807) is 4.90 Å². The molecular formula is C21H30N4O3. The number of ether oxygens (including phenoxy) is 1. The fourth-order valence-corrected chi connectivity index (χ4v) is 4.46. The predicted octanol–water partition coefficient (Wildman–Crippen LogP) is 1.61. The number of nitrogens with one attached hydrogen (secondary N) is 1. The third-order valence-electron chi connectivity index (χ3n) is 6.07. The van der Waals surface area contributed by atoms with E-state index in [0.717, 1.165) is 63.5 Å². The van der Waals surface area contributed by atoms with Crippen LogP contribution in [-0.4, -0.2) is 79.8 Å². The monoisotopic (exact) mass is 386 g/mol. The molecular weight excluding hydrogens is 356 g/mol. The second kappa shape index (κ2) is 8.49. The van der Waals surface area contributed by atoms with Gasteiger partial charge in [-0.2, -0.15) is 0 Å². The van der Waals surface area contributed by atoms with E-state index in [0.29, 0.717) is 19.0 Å². The smallest absolute Gasteiger partial charge is 0.317 e. The van der Waals surface area contributed by atoms with Gasteiger partial charge in [-0.05, 0) is 37.5 Å². The number of urea groups is 1. The van der Waals surface area contributed by atoms with Crippen molar-refractivity contribution < 1.29 is 14.3 Å². The number of carbonyl (C=O) groups is 2. The van der Waals surface area contributed by atoms with Crippen LogP contribution in [0.3, 0.4) is 0 Å². The van der Waals surface area contributed by atoms with Gasteiger partial charge in [0.25, 0.3) is 0 Å². The molecule has 0 bridgehead atoms. The molecule has 1 aromatic rings. The zero-order valence-electron chi connectivity index (χ0n) is 16.6. The lowest BCUT2D eigenvalue weighted by molar-refractivity contribution is -0.117. The van der Waals surface area contributed by atoms with E-state index in [1.165, 1.54) is 0 Å². The Morgan fingerprint density at radius 1 is 1.14 bits per heavy atom. The first-order chi connectivity index (χ1) is 13.6. The number of amides is 3. The summed E-state index contributed by atoms with van der Waals surface area (Å²) in [6.07, 6.45) is 2.54. The summed E-state index contributed by atoms with van der Waals surface area (Å²) < 4.78 is 5.45. The predicted molar refractivity (Wildman–Crippen MR) is 107 cm³/mol. The van der Waals surface area contributed by atoms with Crippen LogP contribution in [0.2, 0.25) is 0 Å². The van der Waals surface area contributed by atoms with Crippen LogP contribution in [0.5, 0.6) is 0 Å². The van der Waals surface area contributed by atoms with Gasteiger partial charge in [0.1, 0.15) is 0 Å². The molecule has 0 saturated carbocycles. The van der Waals surface area contributed by atoms with Gasteiger partial charge in [0.05, 0.1) is 6.04 Å². The molecule has 1 atom stereocenters. The largest absolute Gasteiger partial charge is 0.381 e. The van der Waals surface area contributed by atoms with Crippen molar-refractivity contribution in [3.63, 3.8) is 0 Å². The normalized spacial score (nSPS) is 24.6. The third kappa shape index (κ3) is 4.31. The van der Waals surface area contributed by atoms with Gasteiger partial charge in [-0.1, -0.05) is 12.1 Å². The number of benzene rings is 1. The van der Waals surface area contributed by atoms with Crippen LogP contribution in [-0.2, 0) is 9.53 Å². The summed E-state index contributed by atoms with van der Waals surface area (Å²) in [5.74, 6) is 0.0697. The van der Waals surface area contributed by atoms with Crippen LogP contribution < -0.4 is 10.2 Å². The SMILES string of the molecule is Cc1cccc(N2CC(NC(=O)N3CCN(C4CCOCC4)CC3)CC2=O)c1. The molecule has 7 heteroatoms. The van der Waals surface area contributed by atoms with E-state index in [9.17, 15) is 9.59 Å². The number of anilines is 1. The Bertz CT molecular complexity index is 711. The standard InChI is InChI=1S/C21H30N4O3/c1-16-3-2-4-19(13-16)25-15-17(14-20(25)26)22-21(27)24-9-7-23(8-10-24)18-5-11-28-12-6-18/h2-4,13,17-18H,5-12,14-15H2,1H3,(H,22,27). The number of hydrogen-bond acceptors (Lipinski definition) is 4. The van der Waals surface area contributed by atoms with E-state index >= 15 is 0 Å². The number of rotatable bonds is 3. The zero-order valence-corrected chi connectivity index (χ0v) is 16.6. The lowest BCUT2D eigenvalue weighted by atomic mass is 10.1. The van der Waals surface area contributed by atoms with Crippen molar-refractivity contribution in [1.29, 1.82) is 0 Å². The Balaban J connectivity index is 1.27. The molecule has 0 aromatic heterocycles. The minimum Gasteiger partial charge on any atom is -0.381 e. The summed E-state index contributed by atoms with van der Waals surface area (Å²) in [4.78, 5) is 31.3. The minimum absolute atomic E-state index is 0.0458. The molecule has 0 radical (unpaired) electrons. The van der Waals surface area contributed by atoms with Crippen molar-refractivity contribution in [2.75, 3.05) is 50.8 Å². The van der Waals surface area contributed by atoms with Crippen molar-refractivity contribution in [2.45, 2.75) is 38.3 Å². The van der Waals surface area contributed by atoms with Crippen LogP contribution in [0.15, 0.2) is 24.3 Å². The van der Waals surface area contributed by atoms with Gasteiger partial charge < -0.3 is 19.9 Å². The Kier molecular flexibility index (Phi) is 5.82. The van der Waals surface area contributed by atoms with Crippen LogP contribution in [0.4, 0.5) is 10.5 Å². The summed E-state index contributed by atoms with van der Waals surface area (Å²) in [6.45, 7) is 7.56. The second-order valence-corrected chi connectivity index (χ2v) is 8.06. The Hall–Kier alpha value is -2.12. The molecule has 3 heterocycles. The summed E-state index contributed by atoms with van der Waals surface area (Å²) in [7, 11) is 0. The quantitative estimate of drug-likeness (QED) is 0.857. The van der Waals surface area contributed by atoms with Crippen LogP contribution in [0, 0.1) is 6.92 Å². The molecule has 3 fully saturated rings. The van der Waals surface area contributed by atoms with Crippen molar-refractivity contribution in [1.82, 2.24) is 15.1 Å². The molecule has 4 rings (SSSR count).